The first-order valence-electron chi connectivity index (χ1n) is 9.68. The van der Waals surface area contributed by atoms with Crippen LogP contribution in [-0.2, 0) is 14.9 Å². The molecule has 0 spiro atoms. The maximum atomic E-state index is 11.0. The SMILES string of the molecule is CCCOc1ccc(C(C)(C)c2cc(Cl)c(OC[C@H](C)OC(C)=O)c(Cl)c2)cc1. The van der Waals surface area contributed by atoms with E-state index in [1.165, 1.54) is 6.92 Å². The molecule has 0 N–H and O–H groups in total. The Morgan fingerprint density at radius 3 is 2.14 bits per heavy atom. The van der Waals surface area contributed by atoms with Gasteiger partial charge in [-0.15, -0.1) is 0 Å². The first-order chi connectivity index (χ1) is 13.6. The number of rotatable bonds is 9. The van der Waals surface area contributed by atoms with Crippen molar-refractivity contribution in [1.29, 1.82) is 0 Å². The van der Waals surface area contributed by atoms with E-state index in [0.29, 0.717) is 22.4 Å². The molecule has 0 aliphatic heterocycles. The summed E-state index contributed by atoms with van der Waals surface area (Å²) >= 11 is 12.9. The van der Waals surface area contributed by atoms with Gasteiger partial charge in [-0.2, -0.15) is 0 Å². The van der Waals surface area contributed by atoms with E-state index in [4.69, 9.17) is 37.4 Å². The quantitative estimate of drug-likeness (QED) is 0.422. The molecular formula is C23H28Cl2O4. The highest BCUT2D eigenvalue weighted by molar-refractivity contribution is 6.37. The zero-order valence-electron chi connectivity index (χ0n) is 17.6. The molecule has 0 aromatic heterocycles. The van der Waals surface area contributed by atoms with Crippen LogP contribution in [0.2, 0.25) is 10.0 Å². The Balaban J connectivity index is 2.20. The van der Waals surface area contributed by atoms with Crippen LogP contribution in [0.15, 0.2) is 36.4 Å². The Morgan fingerprint density at radius 1 is 1.03 bits per heavy atom. The minimum atomic E-state index is -0.399. The summed E-state index contributed by atoms with van der Waals surface area (Å²) in [6, 6.07) is 11.8. The number of esters is 1. The second-order valence-corrected chi connectivity index (χ2v) is 8.31. The Kier molecular flexibility index (Phi) is 8.23. The number of hydrogen-bond donors (Lipinski definition) is 0. The molecule has 1 atom stereocenters. The third-order valence-electron chi connectivity index (χ3n) is 4.60. The van der Waals surface area contributed by atoms with Crippen LogP contribution in [0.4, 0.5) is 0 Å². The molecule has 0 fully saturated rings. The lowest BCUT2D eigenvalue weighted by atomic mass is 9.78. The maximum Gasteiger partial charge on any atom is 0.303 e. The summed E-state index contributed by atoms with van der Waals surface area (Å²) in [7, 11) is 0. The Bertz CT molecular complexity index is 808. The average molecular weight is 439 g/mol. The molecule has 0 saturated heterocycles. The van der Waals surface area contributed by atoms with Crippen LogP contribution in [0.5, 0.6) is 11.5 Å². The van der Waals surface area contributed by atoms with Crippen LogP contribution >= 0.6 is 23.2 Å². The van der Waals surface area contributed by atoms with Gasteiger partial charge in [-0.25, -0.2) is 0 Å². The molecule has 0 saturated carbocycles. The van der Waals surface area contributed by atoms with E-state index in [1.807, 2.05) is 24.3 Å². The lowest BCUT2D eigenvalue weighted by Crippen LogP contribution is -2.21. The van der Waals surface area contributed by atoms with Gasteiger partial charge >= 0.3 is 5.97 Å². The van der Waals surface area contributed by atoms with E-state index in [-0.39, 0.29) is 18.0 Å². The van der Waals surface area contributed by atoms with Crippen molar-refractivity contribution in [2.24, 2.45) is 0 Å². The topological polar surface area (TPSA) is 44.8 Å². The minimum Gasteiger partial charge on any atom is -0.494 e. The summed E-state index contributed by atoms with van der Waals surface area (Å²) in [6.45, 7) is 10.3. The molecule has 29 heavy (non-hydrogen) atoms. The highest BCUT2D eigenvalue weighted by Gasteiger charge is 2.26. The summed E-state index contributed by atoms with van der Waals surface area (Å²) in [5.41, 5.74) is 1.76. The molecule has 2 aromatic carbocycles. The van der Waals surface area contributed by atoms with E-state index in [9.17, 15) is 4.79 Å². The van der Waals surface area contributed by atoms with Crippen LogP contribution in [0, 0.1) is 0 Å². The molecule has 0 bridgehead atoms. The molecule has 6 heteroatoms. The van der Waals surface area contributed by atoms with Gasteiger partial charge in [0, 0.05) is 12.3 Å². The second-order valence-electron chi connectivity index (χ2n) is 7.50. The van der Waals surface area contributed by atoms with Gasteiger partial charge in [0.05, 0.1) is 16.7 Å². The third kappa shape index (κ3) is 6.28. The predicted molar refractivity (Wildman–Crippen MR) is 118 cm³/mol. The number of hydrogen-bond acceptors (Lipinski definition) is 4. The Hall–Kier alpha value is -1.91. The van der Waals surface area contributed by atoms with E-state index < -0.39 is 6.10 Å². The molecule has 2 rings (SSSR count). The second kappa shape index (κ2) is 10.2. The fraction of sp³-hybridized carbons (Fsp3) is 0.435. The lowest BCUT2D eigenvalue weighted by molar-refractivity contribution is -0.146. The Labute approximate surface area is 183 Å². The molecule has 0 radical (unpaired) electrons. The maximum absolute atomic E-state index is 11.0. The van der Waals surface area contributed by atoms with E-state index in [2.05, 4.69) is 32.9 Å². The van der Waals surface area contributed by atoms with Crippen molar-refractivity contribution >= 4 is 29.2 Å². The van der Waals surface area contributed by atoms with Gasteiger partial charge in [0.25, 0.3) is 0 Å². The summed E-state index contributed by atoms with van der Waals surface area (Å²) in [4.78, 5) is 11.0. The molecule has 0 heterocycles. The van der Waals surface area contributed by atoms with E-state index in [0.717, 1.165) is 23.3 Å². The van der Waals surface area contributed by atoms with Crippen molar-refractivity contribution in [2.75, 3.05) is 13.2 Å². The number of halogens is 2. The summed E-state index contributed by atoms with van der Waals surface area (Å²) in [5.74, 6) is 0.879. The molecular weight excluding hydrogens is 411 g/mol. The fourth-order valence-electron chi connectivity index (χ4n) is 2.93. The number of ether oxygens (including phenoxy) is 3. The predicted octanol–water partition coefficient (Wildman–Crippen LogP) is 6.44. The van der Waals surface area contributed by atoms with Crippen molar-refractivity contribution in [3.8, 4) is 11.5 Å². The summed E-state index contributed by atoms with van der Waals surface area (Å²) in [6.07, 6.45) is 0.572. The molecule has 0 aliphatic rings. The smallest absolute Gasteiger partial charge is 0.303 e. The average Bonchev–Trinajstić information content (AvgIpc) is 2.65. The van der Waals surface area contributed by atoms with Gasteiger partial charge in [0.15, 0.2) is 5.75 Å². The standard InChI is InChI=1S/C23H28Cl2O4/c1-6-11-27-19-9-7-17(8-10-19)23(4,5)18-12-20(24)22(21(25)13-18)28-14-15(2)29-16(3)26/h7-10,12-13,15H,6,11,14H2,1-5H3/t15-/m0/s1. The first-order valence-corrected chi connectivity index (χ1v) is 10.4. The number of carbonyl (C=O) groups is 1. The van der Waals surface area contributed by atoms with Gasteiger partial charge < -0.3 is 14.2 Å². The normalized spacial score (nSPS) is 12.4. The minimum absolute atomic E-state index is 0.168. The van der Waals surface area contributed by atoms with Crippen molar-refractivity contribution < 1.29 is 19.0 Å². The first kappa shape index (κ1) is 23.4. The molecule has 0 unspecified atom stereocenters. The highest BCUT2D eigenvalue weighted by atomic mass is 35.5. The number of benzene rings is 2. The van der Waals surface area contributed by atoms with Crippen LogP contribution in [0.25, 0.3) is 0 Å². The number of carbonyl (C=O) groups excluding carboxylic acids is 1. The summed E-state index contributed by atoms with van der Waals surface area (Å²) in [5, 5.41) is 0.831. The van der Waals surface area contributed by atoms with Gasteiger partial charge in [0.1, 0.15) is 18.5 Å². The van der Waals surface area contributed by atoms with Gasteiger partial charge in [-0.3, -0.25) is 4.79 Å². The van der Waals surface area contributed by atoms with Crippen molar-refractivity contribution in [3.05, 3.63) is 57.6 Å². The largest absolute Gasteiger partial charge is 0.494 e. The molecule has 2 aromatic rings. The Morgan fingerprint density at radius 2 is 1.62 bits per heavy atom. The van der Waals surface area contributed by atoms with Crippen LogP contribution < -0.4 is 9.47 Å². The zero-order chi connectivity index (χ0) is 21.6. The van der Waals surface area contributed by atoms with Crippen molar-refractivity contribution in [1.82, 2.24) is 0 Å². The van der Waals surface area contributed by atoms with Gasteiger partial charge in [0.2, 0.25) is 0 Å². The van der Waals surface area contributed by atoms with Gasteiger partial charge in [-0.1, -0.05) is 56.1 Å². The molecule has 158 valence electrons. The lowest BCUT2D eigenvalue weighted by Gasteiger charge is -2.27. The van der Waals surface area contributed by atoms with Crippen LogP contribution in [-0.4, -0.2) is 25.3 Å². The van der Waals surface area contributed by atoms with E-state index in [1.54, 1.807) is 6.92 Å². The highest BCUT2D eigenvalue weighted by Crippen LogP contribution is 2.40. The van der Waals surface area contributed by atoms with Crippen LogP contribution in [0.3, 0.4) is 0 Å². The monoisotopic (exact) mass is 438 g/mol. The zero-order valence-corrected chi connectivity index (χ0v) is 19.1. The van der Waals surface area contributed by atoms with Crippen molar-refractivity contribution in [2.45, 2.75) is 52.6 Å². The van der Waals surface area contributed by atoms with Crippen LogP contribution in [0.1, 0.15) is 52.2 Å². The van der Waals surface area contributed by atoms with E-state index >= 15 is 0 Å². The van der Waals surface area contributed by atoms with Crippen molar-refractivity contribution in [3.63, 3.8) is 0 Å². The van der Waals surface area contributed by atoms with Gasteiger partial charge in [-0.05, 0) is 48.7 Å². The third-order valence-corrected chi connectivity index (χ3v) is 5.16. The molecule has 0 aliphatic carbocycles. The molecule has 4 nitrogen and oxygen atoms in total. The molecule has 0 amide bonds. The summed E-state index contributed by atoms with van der Waals surface area (Å²) < 4.78 is 16.4. The fourth-order valence-corrected chi connectivity index (χ4v) is 3.53.